The van der Waals surface area contributed by atoms with Gasteiger partial charge in [-0.05, 0) is 72.0 Å². The van der Waals surface area contributed by atoms with Crippen LogP contribution in [-0.4, -0.2) is 26.9 Å². The van der Waals surface area contributed by atoms with Crippen molar-refractivity contribution in [3.8, 4) is 5.69 Å². The molecule has 2 aromatic heterocycles. The first kappa shape index (κ1) is 21.0. The molecule has 0 bridgehead atoms. The largest absolute Gasteiger partial charge is 0.334 e. The second kappa shape index (κ2) is 8.63. The summed E-state index contributed by atoms with van der Waals surface area (Å²) in [4.78, 5) is 21.5. The van der Waals surface area contributed by atoms with Crippen molar-refractivity contribution >= 4 is 51.5 Å². The third kappa shape index (κ3) is 3.85. The fourth-order valence-electron chi connectivity index (χ4n) is 4.44. The number of fused-ring (bicyclic) bond motifs is 2. The van der Waals surface area contributed by atoms with Crippen LogP contribution >= 0.6 is 22.9 Å². The van der Waals surface area contributed by atoms with Gasteiger partial charge in [-0.2, -0.15) is 0 Å². The van der Waals surface area contributed by atoms with Crippen LogP contribution in [0.1, 0.15) is 20.8 Å². The Morgan fingerprint density at radius 1 is 1.00 bits per heavy atom. The molecule has 5 aromatic rings. The van der Waals surface area contributed by atoms with E-state index in [1.165, 1.54) is 10.4 Å². The molecule has 3 heterocycles. The van der Waals surface area contributed by atoms with Gasteiger partial charge in [0.25, 0.3) is 5.91 Å². The maximum absolute atomic E-state index is 13.3. The predicted octanol–water partition coefficient (Wildman–Crippen LogP) is 6.68. The first-order valence-corrected chi connectivity index (χ1v) is 12.4. The summed E-state index contributed by atoms with van der Waals surface area (Å²) in [7, 11) is 0. The maximum Gasteiger partial charge on any atom is 0.254 e. The predicted molar refractivity (Wildman–Crippen MR) is 139 cm³/mol. The Morgan fingerprint density at radius 3 is 2.74 bits per heavy atom. The number of thiophene rings is 1. The third-order valence-corrected chi connectivity index (χ3v) is 7.35. The first-order chi connectivity index (χ1) is 16.7. The molecule has 0 unspecified atom stereocenters. The Hall–Kier alpha value is -3.61. The third-order valence-electron chi connectivity index (χ3n) is 6.09. The van der Waals surface area contributed by atoms with Gasteiger partial charge in [0.15, 0.2) is 0 Å². The van der Waals surface area contributed by atoms with E-state index in [9.17, 15) is 4.79 Å². The molecular weight excluding hydrogens is 464 g/mol. The van der Waals surface area contributed by atoms with Crippen LogP contribution < -0.4 is 5.32 Å². The number of rotatable bonds is 4. The molecule has 7 heteroatoms. The molecule has 0 atom stereocenters. The highest BCUT2D eigenvalue weighted by molar-refractivity contribution is 7.10. The van der Waals surface area contributed by atoms with E-state index < -0.39 is 0 Å². The van der Waals surface area contributed by atoms with Gasteiger partial charge in [0.1, 0.15) is 0 Å². The molecule has 1 amide bonds. The van der Waals surface area contributed by atoms with Crippen LogP contribution in [0.25, 0.3) is 16.7 Å². The first-order valence-electron chi connectivity index (χ1n) is 11.1. The van der Waals surface area contributed by atoms with E-state index in [4.69, 9.17) is 16.6 Å². The Kier molecular flexibility index (Phi) is 5.32. The van der Waals surface area contributed by atoms with Gasteiger partial charge in [-0.1, -0.05) is 35.9 Å². The molecule has 168 valence electrons. The topological polar surface area (TPSA) is 50.2 Å². The normalized spacial score (nSPS) is 13.1. The monoisotopic (exact) mass is 484 g/mol. The van der Waals surface area contributed by atoms with Gasteiger partial charge in [-0.25, -0.2) is 4.98 Å². The van der Waals surface area contributed by atoms with Crippen LogP contribution in [0, 0.1) is 0 Å². The Labute approximate surface area is 206 Å². The van der Waals surface area contributed by atoms with Crippen LogP contribution in [0.3, 0.4) is 0 Å². The van der Waals surface area contributed by atoms with Gasteiger partial charge < -0.3 is 10.2 Å². The van der Waals surface area contributed by atoms with Crippen molar-refractivity contribution in [3.63, 3.8) is 0 Å². The van der Waals surface area contributed by atoms with Crippen LogP contribution in [-0.2, 0) is 13.0 Å². The lowest BCUT2D eigenvalue weighted by atomic mass is 10.1. The molecule has 1 aliphatic rings. The minimum atomic E-state index is 0.0392. The SMILES string of the molecule is O=C(c1ccc2c(c1)nc(Nc1cccc(Cl)c1)n2-c1ccccc1)N1CCc2sccc2C1. The van der Waals surface area contributed by atoms with Crippen molar-refractivity contribution in [2.75, 3.05) is 11.9 Å². The summed E-state index contributed by atoms with van der Waals surface area (Å²) < 4.78 is 2.06. The Balaban J connectivity index is 1.39. The Morgan fingerprint density at radius 2 is 1.88 bits per heavy atom. The highest BCUT2D eigenvalue weighted by Crippen LogP contribution is 2.30. The van der Waals surface area contributed by atoms with Crippen molar-refractivity contribution in [3.05, 3.63) is 105 Å². The summed E-state index contributed by atoms with van der Waals surface area (Å²) in [6.45, 7) is 1.40. The molecule has 34 heavy (non-hydrogen) atoms. The number of anilines is 2. The van der Waals surface area contributed by atoms with E-state index in [1.54, 1.807) is 11.3 Å². The number of imidazole rings is 1. The number of aromatic nitrogens is 2. The summed E-state index contributed by atoms with van der Waals surface area (Å²) >= 11 is 7.97. The van der Waals surface area contributed by atoms with Crippen LogP contribution in [0.2, 0.25) is 5.02 Å². The molecule has 0 aliphatic carbocycles. The van der Waals surface area contributed by atoms with E-state index >= 15 is 0 Å². The summed E-state index contributed by atoms with van der Waals surface area (Å²) in [6, 6.07) is 25.5. The number of benzene rings is 3. The molecule has 0 fully saturated rings. The molecule has 6 rings (SSSR count). The quantitative estimate of drug-likeness (QED) is 0.309. The number of carbonyl (C=O) groups is 1. The van der Waals surface area contributed by atoms with Gasteiger partial charge in [0.2, 0.25) is 5.95 Å². The molecule has 0 radical (unpaired) electrons. The van der Waals surface area contributed by atoms with Gasteiger partial charge in [0, 0.05) is 39.9 Å². The van der Waals surface area contributed by atoms with Gasteiger partial charge in [-0.15, -0.1) is 11.3 Å². The van der Waals surface area contributed by atoms with Gasteiger partial charge >= 0.3 is 0 Å². The molecule has 0 saturated heterocycles. The minimum absolute atomic E-state index is 0.0392. The number of hydrogen-bond donors (Lipinski definition) is 1. The number of nitrogens with zero attached hydrogens (tertiary/aromatic N) is 3. The van der Waals surface area contributed by atoms with E-state index in [0.29, 0.717) is 23.1 Å². The molecule has 3 aromatic carbocycles. The van der Waals surface area contributed by atoms with Gasteiger partial charge in [0.05, 0.1) is 11.0 Å². The number of halogens is 1. The van der Waals surface area contributed by atoms with Crippen molar-refractivity contribution < 1.29 is 4.79 Å². The number of nitrogens with one attached hydrogen (secondary N) is 1. The van der Waals surface area contributed by atoms with E-state index in [0.717, 1.165) is 35.4 Å². The van der Waals surface area contributed by atoms with Crippen molar-refractivity contribution in [2.24, 2.45) is 0 Å². The lowest BCUT2D eigenvalue weighted by Gasteiger charge is -2.27. The average molecular weight is 485 g/mol. The number of hydrogen-bond acceptors (Lipinski definition) is 4. The summed E-state index contributed by atoms with van der Waals surface area (Å²) in [6.07, 6.45) is 0.914. The van der Waals surface area contributed by atoms with Crippen molar-refractivity contribution in [2.45, 2.75) is 13.0 Å². The molecule has 0 spiro atoms. The lowest BCUT2D eigenvalue weighted by Crippen LogP contribution is -2.35. The lowest BCUT2D eigenvalue weighted by molar-refractivity contribution is 0.0736. The molecular formula is C27H21ClN4OS. The van der Waals surface area contributed by atoms with Crippen molar-refractivity contribution in [1.29, 1.82) is 0 Å². The van der Waals surface area contributed by atoms with Crippen molar-refractivity contribution in [1.82, 2.24) is 14.5 Å². The zero-order chi connectivity index (χ0) is 23.1. The molecule has 1 N–H and O–H groups in total. The molecule has 1 aliphatic heterocycles. The van der Waals surface area contributed by atoms with E-state index in [1.807, 2.05) is 77.7 Å². The maximum atomic E-state index is 13.3. The second-order valence-corrected chi connectivity index (χ2v) is 9.73. The van der Waals surface area contributed by atoms with E-state index in [-0.39, 0.29) is 5.91 Å². The smallest absolute Gasteiger partial charge is 0.254 e. The fraction of sp³-hybridized carbons (Fsp3) is 0.111. The fourth-order valence-corrected chi connectivity index (χ4v) is 5.52. The summed E-state index contributed by atoms with van der Waals surface area (Å²) in [5.41, 5.74) is 5.41. The van der Waals surface area contributed by atoms with E-state index in [2.05, 4.69) is 21.3 Å². The summed E-state index contributed by atoms with van der Waals surface area (Å²) in [5, 5.41) is 6.15. The second-order valence-electron chi connectivity index (χ2n) is 8.29. The minimum Gasteiger partial charge on any atom is -0.334 e. The summed E-state index contributed by atoms with van der Waals surface area (Å²) in [5.74, 6) is 0.700. The number of para-hydroxylation sites is 1. The highest BCUT2D eigenvalue weighted by atomic mass is 35.5. The Bertz CT molecular complexity index is 1510. The number of amides is 1. The van der Waals surface area contributed by atoms with Crippen LogP contribution in [0.5, 0.6) is 0 Å². The number of carbonyl (C=O) groups excluding carboxylic acids is 1. The zero-order valence-electron chi connectivity index (χ0n) is 18.2. The van der Waals surface area contributed by atoms with Crippen LogP contribution in [0.4, 0.5) is 11.6 Å². The van der Waals surface area contributed by atoms with Gasteiger partial charge in [-0.3, -0.25) is 9.36 Å². The standard InChI is InChI=1S/C27H21ClN4OS/c28-20-5-4-6-21(16-20)29-27-30-23-15-18(9-10-24(23)32(27)22-7-2-1-3-8-22)26(33)31-13-11-25-19(17-31)12-14-34-25/h1-10,12,14-16H,11,13,17H2,(H,29,30). The highest BCUT2D eigenvalue weighted by Gasteiger charge is 2.23. The average Bonchev–Trinajstić information content (AvgIpc) is 3.47. The zero-order valence-corrected chi connectivity index (χ0v) is 19.8. The van der Waals surface area contributed by atoms with Crippen LogP contribution in [0.15, 0.2) is 84.2 Å². The molecule has 0 saturated carbocycles. The molecule has 5 nitrogen and oxygen atoms in total.